The van der Waals surface area contributed by atoms with Crippen LogP contribution in [-0.4, -0.2) is 16.5 Å². The molecule has 2 rings (SSSR count). The Labute approximate surface area is 152 Å². The molecule has 0 bridgehead atoms. The van der Waals surface area contributed by atoms with E-state index in [1.165, 1.54) is 5.56 Å². The SMILES string of the molecule is CC(=O)CC[C@@H](C)CCC[C@]1(C)CCc2c(C)c(O)c(C)c(C)c2O1. The Kier molecular flexibility index (Phi) is 6.18. The second-order valence-corrected chi connectivity index (χ2v) is 8.32. The molecule has 1 aliphatic heterocycles. The zero-order valence-corrected chi connectivity index (χ0v) is 16.8. The van der Waals surface area contributed by atoms with Crippen LogP contribution in [0, 0.1) is 26.7 Å². The predicted octanol–water partition coefficient (Wildman–Crippen LogP) is 5.58. The first-order chi connectivity index (χ1) is 11.6. The number of Topliss-reactive ketones (excluding diaryl/α,β-unsaturated/α-hetero) is 1. The number of phenolic OH excluding ortho intramolecular Hbond substituents is 1. The largest absolute Gasteiger partial charge is 0.507 e. The van der Waals surface area contributed by atoms with Gasteiger partial charge in [0.2, 0.25) is 0 Å². The quantitative estimate of drug-likeness (QED) is 0.701. The van der Waals surface area contributed by atoms with Crippen molar-refractivity contribution in [1.29, 1.82) is 0 Å². The molecule has 1 aromatic carbocycles. The summed E-state index contributed by atoms with van der Waals surface area (Å²) in [5.41, 5.74) is 4.01. The molecule has 0 fully saturated rings. The van der Waals surface area contributed by atoms with Gasteiger partial charge in [-0.1, -0.05) is 13.3 Å². The van der Waals surface area contributed by atoms with Crippen LogP contribution in [0.4, 0.5) is 0 Å². The minimum absolute atomic E-state index is 0.131. The highest BCUT2D eigenvalue weighted by atomic mass is 16.5. The number of hydrogen-bond acceptors (Lipinski definition) is 3. The molecule has 1 heterocycles. The van der Waals surface area contributed by atoms with Crippen molar-refractivity contribution < 1.29 is 14.6 Å². The highest BCUT2D eigenvalue weighted by molar-refractivity contribution is 5.75. The van der Waals surface area contributed by atoms with E-state index in [0.717, 1.165) is 61.0 Å². The van der Waals surface area contributed by atoms with E-state index in [-0.39, 0.29) is 11.4 Å². The maximum absolute atomic E-state index is 11.1. The third-order valence-corrected chi connectivity index (χ3v) is 5.98. The molecular formula is C22H34O3. The average Bonchev–Trinajstić information content (AvgIpc) is 2.56. The monoisotopic (exact) mass is 346 g/mol. The highest BCUT2D eigenvalue weighted by Gasteiger charge is 2.34. The van der Waals surface area contributed by atoms with E-state index in [1.54, 1.807) is 6.92 Å². The lowest BCUT2D eigenvalue weighted by Gasteiger charge is -2.38. The molecule has 0 saturated heterocycles. The van der Waals surface area contributed by atoms with Crippen molar-refractivity contribution in [3.8, 4) is 11.5 Å². The Morgan fingerprint density at radius 1 is 1.20 bits per heavy atom. The van der Waals surface area contributed by atoms with Crippen LogP contribution in [0.25, 0.3) is 0 Å². The van der Waals surface area contributed by atoms with Gasteiger partial charge >= 0.3 is 0 Å². The van der Waals surface area contributed by atoms with Crippen LogP contribution in [-0.2, 0) is 11.2 Å². The van der Waals surface area contributed by atoms with Crippen LogP contribution < -0.4 is 4.74 Å². The van der Waals surface area contributed by atoms with E-state index >= 15 is 0 Å². The molecule has 0 amide bonds. The topological polar surface area (TPSA) is 46.5 Å². The van der Waals surface area contributed by atoms with Crippen molar-refractivity contribution in [2.45, 2.75) is 92.1 Å². The summed E-state index contributed by atoms with van der Waals surface area (Å²) in [5.74, 6) is 2.29. The Balaban J connectivity index is 2.00. The maximum atomic E-state index is 11.1. The van der Waals surface area contributed by atoms with Gasteiger partial charge in [-0.3, -0.25) is 0 Å². The lowest BCUT2D eigenvalue weighted by atomic mass is 9.84. The predicted molar refractivity (Wildman–Crippen MR) is 103 cm³/mol. The Morgan fingerprint density at radius 3 is 2.52 bits per heavy atom. The molecule has 0 aliphatic carbocycles. The molecule has 0 aromatic heterocycles. The van der Waals surface area contributed by atoms with Gasteiger partial charge in [0.25, 0.3) is 0 Å². The van der Waals surface area contributed by atoms with Crippen LogP contribution >= 0.6 is 0 Å². The third-order valence-electron chi connectivity index (χ3n) is 5.98. The minimum atomic E-state index is -0.131. The lowest BCUT2D eigenvalue weighted by Crippen LogP contribution is -2.37. The molecule has 3 nitrogen and oxygen atoms in total. The molecule has 0 saturated carbocycles. The zero-order chi connectivity index (χ0) is 18.8. The first kappa shape index (κ1) is 19.8. The van der Waals surface area contributed by atoms with E-state index in [2.05, 4.69) is 13.8 Å². The molecule has 0 spiro atoms. The third kappa shape index (κ3) is 4.56. The summed E-state index contributed by atoms with van der Waals surface area (Å²) in [5, 5.41) is 10.3. The molecular weight excluding hydrogens is 312 g/mol. The van der Waals surface area contributed by atoms with Gasteiger partial charge in [-0.2, -0.15) is 0 Å². The zero-order valence-electron chi connectivity index (χ0n) is 16.8. The normalized spacial score (nSPS) is 20.7. The number of aromatic hydroxyl groups is 1. The van der Waals surface area contributed by atoms with Crippen LogP contribution in [0.3, 0.4) is 0 Å². The molecule has 3 heteroatoms. The van der Waals surface area contributed by atoms with Crippen molar-refractivity contribution in [1.82, 2.24) is 0 Å². The fourth-order valence-corrected chi connectivity index (χ4v) is 3.89. The first-order valence-corrected chi connectivity index (χ1v) is 9.64. The summed E-state index contributed by atoms with van der Waals surface area (Å²) >= 11 is 0. The number of ether oxygens (including phenoxy) is 1. The summed E-state index contributed by atoms with van der Waals surface area (Å²) in [6, 6.07) is 0. The second kappa shape index (κ2) is 7.80. The fourth-order valence-electron chi connectivity index (χ4n) is 3.89. The number of carbonyl (C=O) groups is 1. The molecule has 1 aromatic rings. The molecule has 25 heavy (non-hydrogen) atoms. The van der Waals surface area contributed by atoms with Crippen LogP contribution in [0.15, 0.2) is 0 Å². The second-order valence-electron chi connectivity index (χ2n) is 8.32. The van der Waals surface area contributed by atoms with Gasteiger partial charge < -0.3 is 14.6 Å². The molecule has 1 N–H and O–H groups in total. The van der Waals surface area contributed by atoms with Gasteiger partial charge in [0.1, 0.15) is 22.9 Å². The van der Waals surface area contributed by atoms with Crippen molar-refractivity contribution in [2.75, 3.05) is 0 Å². The van der Waals surface area contributed by atoms with Crippen molar-refractivity contribution in [2.24, 2.45) is 5.92 Å². The van der Waals surface area contributed by atoms with E-state index in [9.17, 15) is 9.90 Å². The maximum Gasteiger partial charge on any atom is 0.129 e. The lowest BCUT2D eigenvalue weighted by molar-refractivity contribution is -0.117. The average molecular weight is 347 g/mol. The van der Waals surface area contributed by atoms with Crippen LogP contribution in [0.5, 0.6) is 11.5 Å². The summed E-state index contributed by atoms with van der Waals surface area (Å²) in [7, 11) is 0. The molecule has 0 unspecified atom stereocenters. The van der Waals surface area contributed by atoms with Gasteiger partial charge in [-0.25, -0.2) is 0 Å². The first-order valence-electron chi connectivity index (χ1n) is 9.64. The number of carbonyl (C=O) groups excluding carboxylic acids is 1. The Hall–Kier alpha value is -1.51. The standard InChI is InChI=1S/C22H34O3/c1-14(9-10-15(2)23)8-7-12-22(6)13-11-19-18(5)20(24)16(3)17(4)21(19)25-22/h14,24H,7-13H2,1-6H3/t14-,22+/m0/s1. The van der Waals surface area contributed by atoms with E-state index in [0.29, 0.717) is 18.1 Å². The number of benzene rings is 1. The van der Waals surface area contributed by atoms with Gasteiger partial charge in [-0.15, -0.1) is 0 Å². The van der Waals surface area contributed by atoms with E-state index in [1.807, 2.05) is 20.8 Å². The van der Waals surface area contributed by atoms with Crippen molar-refractivity contribution >= 4 is 5.78 Å². The Bertz CT molecular complexity index is 647. The molecule has 2 atom stereocenters. The number of phenols is 1. The molecule has 140 valence electrons. The van der Waals surface area contributed by atoms with Gasteiger partial charge in [0, 0.05) is 12.0 Å². The van der Waals surface area contributed by atoms with Crippen molar-refractivity contribution in [3.05, 3.63) is 22.3 Å². The van der Waals surface area contributed by atoms with Gasteiger partial charge in [-0.05, 0) is 89.3 Å². The Morgan fingerprint density at radius 2 is 1.88 bits per heavy atom. The van der Waals surface area contributed by atoms with Gasteiger partial charge in [0.15, 0.2) is 0 Å². The summed E-state index contributed by atoms with van der Waals surface area (Å²) < 4.78 is 6.48. The van der Waals surface area contributed by atoms with E-state index < -0.39 is 0 Å². The number of fused-ring (bicyclic) bond motifs is 1. The van der Waals surface area contributed by atoms with E-state index in [4.69, 9.17) is 4.74 Å². The summed E-state index contributed by atoms with van der Waals surface area (Å²) in [4.78, 5) is 11.1. The number of ketones is 1. The number of hydrogen-bond donors (Lipinski definition) is 1. The highest BCUT2D eigenvalue weighted by Crippen LogP contribution is 2.44. The fraction of sp³-hybridized carbons (Fsp3) is 0.682. The smallest absolute Gasteiger partial charge is 0.129 e. The van der Waals surface area contributed by atoms with Crippen molar-refractivity contribution in [3.63, 3.8) is 0 Å². The van der Waals surface area contributed by atoms with Crippen LogP contribution in [0.1, 0.15) is 81.5 Å². The number of rotatable bonds is 7. The molecule has 0 radical (unpaired) electrons. The van der Waals surface area contributed by atoms with Crippen LogP contribution in [0.2, 0.25) is 0 Å². The van der Waals surface area contributed by atoms with Gasteiger partial charge in [0.05, 0.1) is 0 Å². The summed E-state index contributed by atoms with van der Waals surface area (Å²) in [6.07, 6.45) is 6.95. The summed E-state index contributed by atoms with van der Waals surface area (Å²) in [6.45, 7) is 12.1. The minimum Gasteiger partial charge on any atom is -0.507 e. The molecule has 1 aliphatic rings.